The van der Waals surface area contributed by atoms with Gasteiger partial charge in [-0.15, -0.1) is 0 Å². The van der Waals surface area contributed by atoms with Crippen molar-refractivity contribution < 1.29 is 33.3 Å². The maximum atomic E-state index is 13.9. The fourth-order valence-electron chi connectivity index (χ4n) is 12.7. The first-order chi connectivity index (χ1) is 28.1. The summed E-state index contributed by atoms with van der Waals surface area (Å²) in [6.45, 7) is 12.5. The summed E-state index contributed by atoms with van der Waals surface area (Å²) >= 11 is 13.3. The molecule has 10 heteroatoms. The van der Waals surface area contributed by atoms with Crippen LogP contribution in [0.2, 0.25) is 10.0 Å². The second-order valence-corrected chi connectivity index (χ2v) is 19.9. The lowest BCUT2D eigenvalue weighted by Gasteiger charge is -2.61. The number of hydrogen-bond acceptors (Lipinski definition) is 7. The number of carbonyl (C=O) groups is 3. The van der Waals surface area contributed by atoms with E-state index in [-0.39, 0.29) is 51.0 Å². The monoisotopic (exact) mass is 851 g/mol. The van der Waals surface area contributed by atoms with Crippen molar-refractivity contribution in [2.75, 3.05) is 28.4 Å². The van der Waals surface area contributed by atoms with Crippen LogP contribution in [0.15, 0.2) is 30.3 Å². The van der Waals surface area contributed by atoms with E-state index in [0.717, 1.165) is 54.8 Å². The fourth-order valence-corrected chi connectivity index (χ4v) is 13.3. The number of carbonyl (C=O) groups excluding carboxylic acids is 3. The summed E-state index contributed by atoms with van der Waals surface area (Å²) in [7, 11) is 5.40. The van der Waals surface area contributed by atoms with Gasteiger partial charge in [0.25, 0.3) is 0 Å². The first-order valence-electron chi connectivity index (χ1n) is 22.0. The van der Waals surface area contributed by atoms with Crippen molar-refractivity contribution in [3.05, 3.63) is 62.6 Å². The van der Waals surface area contributed by atoms with E-state index >= 15 is 0 Å². The summed E-state index contributed by atoms with van der Waals surface area (Å²) in [6, 6.07) is 6.61. The number of esters is 2. The zero-order valence-corrected chi connectivity index (χ0v) is 38.3. The molecule has 0 heterocycles. The molecule has 0 bridgehead atoms. The van der Waals surface area contributed by atoms with Gasteiger partial charge in [-0.05, 0) is 151 Å². The number of rotatable bonds is 14. The lowest BCUT2D eigenvalue weighted by Crippen LogP contribution is -2.55. The standard InChI is InChI=1S/C49H67Cl2NO7/c1-28(2)11-10-12-29(3)38-16-17-39-35-14-13-32-27-33(19-21-48(32,4)40(35)20-22-49(38,39)5)52-43(53)18-15-34(30-23-36(46(54)58-8)44(56-6)41(50)25-30)31-24-37(47(55)59-9)45(57-7)42(51)26-31/h15,23-26,28-29,32-33,35,38-40H,10-14,16-22,27H2,1-9H3,(H,52,53)/t29-,32+,33-,35+,38-,39+,40+,48+,49-/m1/s1. The molecule has 4 aliphatic carbocycles. The van der Waals surface area contributed by atoms with E-state index in [2.05, 4.69) is 39.9 Å². The van der Waals surface area contributed by atoms with Crippen molar-refractivity contribution >= 4 is 46.6 Å². The van der Waals surface area contributed by atoms with Gasteiger partial charge in [0, 0.05) is 12.5 Å². The molecule has 4 fully saturated rings. The van der Waals surface area contributed by atoms with E-state index in [4.69, 9.17) is 42.1 Å². The summed E-state index contributed by atoms with van der Waals surface area (Å²) < 4.78 is 21.0. The zero-order valence-electron chi connectivity index (χ0n) is 36.8. The molecule has 0 unspecified atom stereocenters. The van der Waals surface area contributed by atoms with Crippen LogP contribution in [0.25, 0.3) is 5.57 Å². The molecule has 8 nitrogen and oxygen atoms in total. The fraction of sp³-hybridized carbons (Fsp3) is 0.653. The molecule has 0 aromatic heterocycles. The lowest BCUT2D eigenvalue weighted by molar-refractivity contribution is -0.127. The van der Waals surface area contributed by atoms with Crippen molar-refractivity contribution in [3.8, 4) is 11.5 Å². The van der Waals surface area contributed by atoms with E-state index in [1.54, 1.807) is 30.3 Å². The Balaban J connectivity index is 1.19. The third-order valence-electron chi connectivity index (χ3n) is 15.7. The van der Waals surface area contributed by atoms with Crippen LogP contribution in [-0.4, -0.2) is 52.3 Å². The number of amides is 1. The molecule has 0 spiro atoms. The van der Waals surface area contributed by atoms with Crippen molar-refractivity contribution in [2.24, 2.45) is 52.3 Å². The van der Waals surface area contributed by atoms with Crippen LogP contribution in [0.3, 0.4) is 0 Å². The highest BCUT2D eigenvalue weighted by molar-refractivity contribution is 6.33. The molecule has 0 saturated heterocycles. The van der Waals surface area contributed by atoms with Gasteiger partial charge in [0.2, 0.25) is 5.91 Å². The third kappa shape index (κ3) is 9.06. The molecular weight excluding hydrogens is 785 g/mol. The molecule has 4 aliphatic rings. The molecule has 2 aromatic rings. The third-order valence-corrected chi connectivity index (χ3v) is 16.2. The Morgan fingerprint density at radius 2 is 1.34 bits per heavy atom. The van der Waals surface area contributed by atoms with Crippen LogP contribution in [0, 0.1) is 52.3 Å². The molecule has 1 amide bonds. The van der Waals surface area contributed by atoms with Crippen molar-refractivity contribution in [1.82, 2.24) is 5.32 Å². The minimum absolute atomic E-state index is 0.0458. The molecule has 0 aliphatic heterocycles. The summed E-state index contributed by atoms with van der Waals surface area (Å²) in [6.07, 6.45) is 17.1. The largest absolute Gasteiger partial charge is 0.494 e. The predicted molar refractivity (Wildman–Crippen MR) is 235 cm³/mol. The topological polar surface area (TPSA) is 100 Å². The Labute approximate surface area is 362 Å². The number of fused-ring (bicyclic) bond motifs is 5. The highest BCUT2D eigenvalue weighted by Crippen LogP contribution is 2.68. The van der Waals surface area contributed by atoms with Crippen LogP contribution in [0.1, 0.15) is 150 Å². The molecule has 1 N–H and O–H groups in total. The van der Waals surface area contributed by atoms with Crippen LogP contribution < -0.4 is 14.8 Å². The second kappa shape index (κ2) is 18.8. The number of halogens is 2. The van der Waals surface area contributed by atoms with Crippen LogP contribution in [0.4, 0.5) is 0 Å². The highest BCUT2D eigenvalue weighted by atomic mass is 35.5. The van der Waals surface area contributed by atoms with E-state index in [9.17, 15) is 14.4 Å². The summed E-state index contributed by atoms with van der Waals surface area (Å²) in [5.41, 5.74) is 2.56. The van der Waals surface area contributed by atoms with Crippen LogP contribution in [-0.2, 0) is 14.3 Å². The Morgan fingerprint density at radius 3 is 1.90 bits per heavy atom. The molecule has 59 heavy (non-hydrogen) atoms. The number of benzene rings is 2. The van der Waals surface area contributed by atoms with E-state index in [0.29, 0.717) is 33.4 Å². The number of nitrogens with one attached hydrogen (secondary N) is 1. The van der Waals surface area contributed by atoms with Crippen molar-refractivity contribution in [1.29, 1.82) is 0 Å². The highest BCUT2D eigenvalue weighted by Gasteiger charge is 2.60. The first-order valence-corrected chi connectivity index (χ1v) is 22.8. The number of methoxy groups -OCH3 is 4. The second-order valence-electron chi connectivity index (χ2n) is 19.1. The van der Waals surface area contributed by atoms with Crippen LogP contribution in [0.5, 0.6) is 11.5 Å². The first kappa shape index (κ1) is 45.3. The summed E-state index contributed by atoms with van der Waals surface area (Å²) in [4.78, 5) is 39.6. The molecule has 9 atom stereocenters. The molecular formula is C49H67Cl2NO7. The van der Waals surface area contributed by atoms with Gasteiger partial charge in [-0.1, -0.05) is 83.2 Å². The molecule has 6 rings (SSSR count). The smallest absolute Gasteiger partial charge is 0.341 e. The van der Waals surface area contributed by atoms with Gasteiger partial charge in [-0.3, -0.25) is 4.79 Å². The quantitative estimate of drug-likeness (QED) is 0.189. The number of ether oxygens (including phenoxy) is 4. The summed E-state index contributed by atoms with van der Waals surface area (Å²) in [5.74, 6) is 4.47. The summed E-state index contributed by atoms with van der Waals surface area (Å²) in [5, 5.41) is 3.75. The minimum atomic E-state index is -0.638. The van der Waals surface area contributed by atoms with E-state index in [1.165, 1.54) is 86.2 Å². The molecule has 2 aromatic carbocycles. The minimum Gasteiger partial charge on any atom is -0.494 e. The van der Waals surface area contributed by atoms with Crippen LogP contribution >= 0.6 is 23.2 Å². The SMILES string of the molecule is COC(=O)c1cc(C(=CCC(=O)N[C@@H]2CC[C@@]3(C)[C@@H](CC[C@@H]4[C@@H]3CC[C@]3(C)[C@@H]([C@H](C)CCCC(C)C)CC[C@@H]43)C2)c2cc(Cl)c(OC)c(C(=O)OC)c2)cc(Cl)c1OC. The normalized spacial score (nSPS) is 29.0. The molecule has 4 saturated carbocycles. The van der Waals surface area contributed by atoms with Gasteiger partial charge >= 0.3 is 11.9 Å². The van der Waals surface area contributed by atoms with E-state index in [1.807, 2.05) is 0 Å². The number of hydrogen-bond donors (Lipinski definition) is 1. The zero-order chi connectivity index (χ0) is 42.8. The van der Waals surface area contributed by atoms with Gasteiger partial charge in [0.15, 0.2) is 11.5 Å². The predicted octanol–water partition coefficient (Wildman–Crippen LogP) is 12.0. The average molecular weight is 853 g/mol. The van der Waals surface area contributed by atoms with Gasteiger partial charge in [-0.25, -0.2) is 9.59 Å². The van der Waals surface area contributed by atoms with Gasteiger partial charge in [0.05, 0.1) is 38.5 Å². The maximum Gasteiger partial charge on any atom is 0.341 e. The Morgan fingerprint density at radius 1 is 0.763 bits per heavy atom. The van der Waals surface area contributed by atoms with Gasteiger partial charge in [-0.2, -0.15) is 0 Å². The van der Waals surface area contributed by atoms with Crippen molar-refractivity contribution in [3.63, 3.8) is 0 Å². The Bertz CT molecular complexity index is 1830. The Hall–Kier alpha value is -3.23. The van der Waals surface area contributed by atoms with Gasteiger partial charge < -0.3 is 24.3 Å². The maximum absolute atomic E-state index is 13.9. The van der Waals surface area contributed by atoms with E-state index < -0.39 is 11.9 Å². The molecule has 324 valence electrons. The van der Waals surface area contributed by atoms with Crippen molar-refractivity contribution in [2.45, 2.75) is 124 Å². The van der Waals surface area contributed by atoms with Gasteiger partial charge in [0.1, 0.15) is 11.1 Å². The lowest BCUT2D eigenvalue weighted by atomic mass is 9.44. The Kier molecular flexibility index (Phi) is 14.4. The molecule has 0 radical (unpaired) electrons. The average Bonchev–Trinajstić information content (AvgIpc) is 3.57.